The van der Waals surface area contributed by atoms with Crippen LogP contribution in [0.1, 0.15) is 47.8 Å². The second-order valence-electron chi connectivity index (χ2n) is 6.85. The summed E-state index contributed by atoms with van der Waals surface area (Å²) in [5.74, 6) is 1.37. The van der Waals surface area contributed by atoms with Gasteiger partial charge in [-0.2, -0.15) is 5.10 Å². The molecule has 0 saturated carbocycles. The molecule has 0 saturated heterocycles. The Balaban J connectivity index is 1.56. The van der Waals surface area contributed by atoms with Crippen LogP contribution in [-0.4, -0.2) is 26.1 Å². The molecular formula is C18H21N5O. The lowest BCUT2D eigenvalue weighted by atomic mass is 10.1. The number of aromatic nitrogens is 4. The van der Waals surface area contributed by atoms with Crippen LogP contribution in [-0.2, 0) is 19.3 Å². The smallest absolute Gasteiger partial charge is 0.276 e. The van der Waals surface area contributed by atoms with E-state index in [1.54, 1.807) is 0 Å². The number of H-pyrrole nitrogens is 2. The molecule has 0 atom stereocenters. The summed E-state index contributed by atoms with van der Waals surface area (Å²) in [4.78, 5) is 20.4. The quantitative estimate of drug-likeness (QED) is 0.689. The van der Waals surface area contributed by atoms with Crippen LogP contribution in [0.2, 0.25) is 0 Å². The van der Waals surface area contributed by atoms with E-state index >= 15 is 0 Å². The lowest BCUT2D eigenvalue weighted by Gasteiger charge is -2.04. The van der Waals surface area contributed by atoms with Crippen LogP contribution < -0.4 is 5.32 Å². The Hall–Kier alpha value is -2.63. The molecule has 1 aromatic carbocycles. The topological polar surface area (TPSA) is 86.5 Å². The van der Waals surface area contributed by atoms with E-state index < -0.39 is 0 Å². The second-order valence-corrected chi connectivity index (χ2v) is 6.85. The molecule has 2 heterocycles. The molecule has 1 amide bonds. The maximum atomic E-state index is 12.5. The number of hydrogen-bond acceptors (Lipinski definition) is 3. The highest BCUT2D eigenvalue weighted by molar-refractivity contribution is 6.04. The molecule has 0 spiro atoms. The minimum atomic E-state index is -0.157. The SMILES string of the molecule is CC(C)Cc1nc2ccc(NC(=O)c3n[nH]c4c3CCC4)cc2[nH]1. The van der Waals surface area contributed by atoms with E-state index in [0.29, 0.717) is 11.6 Å². The van der Waals surface area contributed by atoms with Crippen LogP contribution in [0.15, 0.2) is 18.2 Å². The molecule has 0 fully saturated rings. The number of benzene rings is 1. The molecule has 0 radical (unpaired) electrons. The van der Waals surface area contributed by atoms with Crippen LogP contribution >= 0.6 is 0 Å². The number of hydrogen-bond donors (Lipinski definition) is 3. The predicted molar refractivity (Wildman–Crippen MR) is 93.2 cm³/mol. The molecule has 1 aliphatic carbocycles. The van der Waals surface area contributed by atoms with Crippen molar-refractivity contribution in [1.82, 2.24) is 20.2 Å². The van der Waals surface area contributed by atoms with E-state index in [9.17, 15) is 4.79 Å². The van der Waals surface area contributed by atoms with Gasteiger partial charge in [-0.15, -0.1) is 0 Å². The van der Waals surface area contributed by atoms with Crippen molar-refractivity contribution in [3.05, 3.63) is 41.0 Å². The highest BCUT2D eigenvalue weighted by Crippen LogP contribution is 2.24. The maximum absolute atomic E-state index is 12.5. The number of aromatic amines is 2. The van der Waals surface area contributed by atoms with Gasteiger partial charge in [-0.3, -0.25) is 9.89 Å². The molecule has 3 aromatic rings. The molecule has 1 aliphatic rings. The zero-order valence-electron chi connectivity index (χ0n) is 13.9. The van der Waals surface area contributed by atoms with Crippen molar-refractivity contribution < 1.29 is 4.79 Å². The highest BCUT2D eigenvalue weighted by atomic mass is 16.1. The summed E-state index contributed by atoms with van der Waals surface area (Å²) in [6.45, 7) is 4.34. The number of imidazole rings is 1. The lowest BCUT2D eigenvalue weighted by molar-refractivity contribution is 0.102. The Morgan fingerprint density at radius 2 is 2.21 bits per heavy atom. The third kappa shape index (κ3) is 2.68. The van der Waals surface area contributed by atoms with Crippen molar-refractivity contribution in [2.24, 2.45) is 5.92 Å². The predicted octanol–water partition coefficient (Wildman–Crippen LogP) is 3.23. The summed E-state index contributed by atoms with van der Waals surface area (Å²) >= 11 is 0. The van der Waals surface area contributed by atoms with Crippen molar-refractivity contribution in [2.45, 2.75) is 39.5 Å². The second kappa shape index (κ2) is 5.78. The zero-order chi connectivity index (χ0) is 16.7. The van der Waals surface area contributed by atoms with Crippen LogP contribution in [0.4, 0.5) is 5.69 Å². The number of anilines is 1. The molecular weight excluding hydrogens is 302 g/mol. The number of carbonyl (C=O) groups excluding carboxylic acids is 1. The Kier molecular flexibility index (Phi) is 3.59. The molecule has 24 heavy (non-hydrogen) atoms. The fourth-order valence-electron chi connectivity index (χ4n) is 3.32. The van der Waals surface area contributed by atoms with E-state index in [4.69, 9.17) is 0 Å². The lowest BCUT2D eigenvalue weighted by Crippen LogP contribution is -2.14. The number of amides is 1. The van der Waals surface area contributed by atoms with E-state index in [1.807, 2.05) is 18.2 Å². The van der Waals surface area contributed by atoms with Crippen LogP contribution in [0.5, 0.6) is 0 Å². The van der Waals surface area contributed by atoms with Gasteiger partial charge in [-0.1, -0.05) is 13.8 Å². The Morgan fingerprint density at radius 1 is 1.33 bits per heavy atom. The van der Waals surface area contributed by atoms with Gasteiger partial charge < -0.3 is 10.3 Å². The summed E-state index contributed by atoms with van der Waals surface area (Å²) in [6.07, 6.45) is 3.90. The van der Waals surface area contributed by atoms with Crippen molar-refractivity contribution in [2.75, 3.05) is 5.32 Å². The monoisotopic (exact) mass is 323 g/mol. The first-order valence-electron chi connectivity index (χ1n) is 8.46. The maximum Gasteiger partial charge on any atom is 0.276 e. The van der Waals surface area contributed by atoms with Crippen LogP contribution in [0.25, 0.3) is 11.0 Å². The van der Waals surface area contributed by atoms with Gasteiger partial charge >= 0.3 is 0 Å². The largest absolute Gasteiger partial charge is 0.342 e. The molecule has 0 unspecified atom stereocenters. The van der Waals surface area contributed by atoms with Crippen molar-refractivity contribution >= 4 is 22.6 Å². The number of carbonyl (C=O) groups is 1. The van der Waals surface area contributed by atoms with Gasteiger partial charge in [0.05, 0.1) is 11.0 Å². The fourth-order valence-corrected chi connectivity index (χ4v) is 3.32. The molecule has 124 valence electrons. The molecule has 3 N–H and O–H groups in total. The van der Waals surface area contributed by atoms with Gasteiger partial charge in [0.15, 0.2) is 5.69 Å². The minimum Gasteiger partial charge on any atom is -0.342 e. The Labute approximate surface area is 140 Å². The fraction of sp³-hybridized carbons (Fsp3) is 0.389. The number of rotatable bonds is 4. The van der Waals surface area contributed by atoms with E-state index in [0.717, 1.165) is 59.5 Å². The zero-order valence-corrected chi connectivity index (χ0v) is 13.9. The van der Waals surface area contributed by atoms with Gasteiger partial charge in [0.1, 0.15) is 5.82 Å². The molecule has 6 nitrogen and oxygen atoms in total. The minimum absolute atomic E-state index is 0.157. The first-order chi connectivity index (χ1) is 11.6. The standard InChI is InChI=1S/C18H21N5O/c1-10(2)8-16-20-14-7-6-11(9-15(14)21-16)19-18(24)17-12-4-3-5-13(12)22-23-17/h6-7,9-10H,3-5,8H2,1-2H3,(H,19,24)(H,20,21)(H,22,23). The Bertz CT molecular complexity index is 905. The van der Waals surface area contributed by atoms with Crippen molar-refractivity contribution in [3.63, 3.8) is 0 Å². The highest BCUT2D eigenvalue weighted by Gasteiger charge is 2.23. The molecule has 2 aromatic heterocycles. The summed E-state index contributed by atoms with van der Waals surface area (Å²) in [5.41, 5.74) is 5.30. The molecule has 6 heteroatoms. The van der Waals surface area contributed by atoms with Gasteiger partial charge in [-0.05, 0) is 43.4 Å². The number of nitrogens with one attached hydrogen (secondary N) is 3. The van der Waals surface area contributed by atoms with Gasteiger partial charge in [0.25, 0.3) is 5.91 Å². The number of fused-ring (bicyclic) bond motifs is 2. The van der Waals surface area contributed by atoms with E-state index in [2.05, 4.69) is 39.3 Å². The first-order valence-corrected chi connectivity index (χ1v) is 8.46. The average molecular weight is 323 g/mol. The van der Waals surface area contributed by atoms with Crippen molar-refractivity contribution in [1.29, 1.82) is 0 Å². The number of aryl methyl sites for hydroxylation is 1. The molecule has 0 bridgehead atoms. The average Bonchev–Trinajstić information content (AvgIpc) is 3.19. The summed E-state index contributed by atoms with van der Waals surface area (Å²) in [7, 11) is 0. The summed E-state index contributed by atoms with van der Waals surface area (Å²) < 4.78 is 0. The summed E-state index contributed by atoms with van der Waals surface area (Å²) in [6, 6.07) is 5.74. The van der Waals surface area contributed by atoms with Crippen molar-refractivity contribution in [3.8, 4) is 0 Å². The van der Waals surface area contributed by atoms with Crippen LogP contribution in [0.3, 0.4) is 0 Å². The van der Waals surface area contributed by atoms with Gasteiger partial charge in [0, 0.05) is 23.4 Å². The van der Waals surface area contributed by atoms with Crippen LogP contribution in [0, 0.1) is 5.92 Å². The van der Waals surface area contributed by atoms with Gasteiger partial charge in [0.2, 0.25) is 0 Å². The molecule has 0 aliphatic heterocycles. The normalized spacial score (nSPS) is 13.6. The third-order valence-corrected chi connectivity index (χ3v) is 4.41. The molecule has 4 rings (SSSR count). The Morgan fingerprint density at radius 3 is 3.04 bits per heavy atom. The first kappa shape index (κ1) is 14.9. The third-order valence-electron chi connectivity index (χ3n) is 4.41. The number of nitrogens with zero attached hydrogens (tertiary/aromatic N) is 2. The van der Waals surface area contributed by atoms with E-state index in [-0.39, 0.29) is 5.91 Å². The summed E-state index contributed by atoms with van der Waals surface area (Å²) in [5, 5.41) is 10.1. The van der Waals surface area contributed by atoms with Gasteiger partial charge in [-0.25, -0.2) is 4.98 Å². The van der Waals surface area contributed by atoms with E-state index in [1.165, 1.54) is 0 Å².